The van der Waals surface area contributed by atoms with Crippen LogP contribution in [0.3, 0.4) is 0 Å². The first-order valence-electron chi connectivity index (χ1n) is 9.27. The molecule has 2 aromatic heterocycles. The van der Waals surface area contributed by atoms with Gasteiger partial charge in [0.25, 0.3) is 0 Å². The van der Waals surface area contributed by atoms with Crippen molar-refractivity contribution in [3.8, 4) is 17.1 Å². The van der Waals surface area contributed by atoms with Crippen molar-refractivity contribution in [3.05, 3.63) is 30.1 Å². The fourth-order valence-corrected chi connectivity index (χ4v) is 3.58. The molecular weight excluding hydrogens is 316 g/mol. The normalized spacial score (nSPS) is 23.7. The molecule has 0 radical (unpaired) electrons. The number of pyridine rings is 1. The van der Waals surface area contributed by atoms with E-state index < -0.39 is 0 Å². The number of hydrogen-bond acceptors (Lipinski definition) is 5. The van der Waals surface area contributed by atoms with Crippen molar-refractivity contribution < 1.29 is 9.47 Å². The molecule has 0 amide bonds. The van der Waals surface area contributed by atoms with Gasteiger partial charge in [0.2, 0.25) is 0 Å². The second kappa shape index (κ2) is 7.54. The van der Waals surface area contributed by atoms with Crippen molar-refractivity contribution in [1.82, 2.24) is 20.1 Å². The van der Waals surface area contributed by atoms with Crippen molar-refractivity contribution >= 4 is 0 Å². The van der Waals surface area contributed by atoms with Crippen molar-refractivity contribution in [3.63, 3.8) is 0 Å². The van der Waals surface area contributed by atoms with Crippen LogP contribution in [0.2, 0.25) is 0 Å². The molecule has 2 saturated heterocycles. The van der Waals surface area contributed by atoms with Crippen LogP contribution in [0.25, 0.3) is 11.4 Å². The molecule has 2 fully saturated rings. The molecule has 2 atom stereocenters. The molecule has 4 rings (SSSR count). The first-order chi connectivity index (χ1) is 12.3. The summed E-state index contributed by atoms with van der Waals surface area (Å²) in [5, 5.41) is 7.90. The Kier molecular flexibility index (Phi) is 4.99. The van der Waals surface area contributed by atoms with E-state index >= 15 is 0 Å². The van der Waals surface area contributed by atoms with E-state index in [0.717, 1.165) is 61.8 Å². The standard InChI is InChI=1S/C19H26N4O2/c1-14-10-22-23(18-4-2-3-9-24-18)19(14)17-6-5-16(12-21-17)25-13-15-7-8-20-11-15/h5-6,10,12,15,18,20H,2-4,7-9,11,13H2,1H3/t15-,18?/m1/s1. The van der Waals surface area contributed by atoms with E-state index in [1.807, 2.05) is 29.2 Å². The van der Waals surface area contributed by atoms with Gasteiger partial charge in [-0.3, -0.25) is 4.98 Å². The Morgan fingerprint density at radius 2 is 2.24 bits per heavy atom. The summed E-state index contributed by atoms with van der Waals surface area (Å²) in [6.07, 6.45) is 8.23. The third kappa shape index (κ3) is 3.70. The number of aromatic nitrogens is 3. The molecule has 1 unspecified atom stereocenters. The minimum absolute atomic E-state index is 0.0186. The highest BCUT2D eigenvalue weighted by molar-refractivity contribution is 5.59. The van der Waals surface area contributed by atoms with Crippen LogP contribution in [0.5, 0.6) is 5.75 Å². The molecular formula is C19H26N4O2. The van der Waals surface area contributed by atoms with Crippen LogP contribution >= 0.6 is 0 Å². The molecule has 0 saturated carbocycles. The van der Waals surface area contributed by atoms with Crippen LogP contribution in [0.4, 0.5) is 0 Å². The van der Waals surface area contributed by atoms with Crippen molar-refractivity contribution in [1.29, 1.82) is 0 Å². The Bertz CT molecular complexity index is 686. The zero-order valence-electron chi connectivity index (χ0n) is 14.8. The molecule has 134 valence electrons. The van der Waals surface area contributed by atoms with Crippen LogP contribution in [0.15, 0.2) is 24.5 Å². The minimum atomic E-state index is 0.0186. The summed E-state index contributed by atoms with van der Waals surface area (Å²) in [6, 6.07) is 4.02. The van der Waals surface area contributed by atoms with Gasteiger partial charge in [-0.05, 0) is 56.8 Å². The lowest BCUT2D eigenvalue weighted by molar-refractivity contribution is -0.0384. The SMILES string of the molecule is Cc1cnn(C2CCCCO2)c1-c1ccc(OC[C@@H]2CCNC2)cn1. The van der Waals surface area contributed by atoms with Crippen LogP contribution in [0.1, 0.15) is 37.5 Å². The Hall–Kier alpha value is -1.92. The molecule has 2 aliphatic rings. The molecule has 0 bridgehead atoms. The monoisotopic (exact) mass is 342 g/mol. The fraction of sp³-hybridized carbons (Fsp3) is 0.579. The molecule has 2 aromatic rings. The average molecular weight is 342 g/mol. The molecule has 0 spiro atoms. The minimum Gasteiger partial charge on any atom is -0.492 e. The van der Waals surface area contributed by atoms with Gasteiger partial charge in [-0.15, -0.1) is 0 Å². The van der Waals surface area contributed by atoms with Crippen molar-refractivity contribution in [2.45, 2.75) is 38.8 Å². The second-order valence-corrected chi connectivity index (χ2v) is 6.99. The van der Waals surface area contributed by atoms with E-state index in [1.165, 1.54) is 12.8 Å². The largest absolute Gasteiger partial charge is 0.492 e. The molecule has 6 nitrogen and oxygen atoms in total. The summed E-state index contributed by atoms with van der Waals surface area (Å²) in [7, 11) is 0. The summed E-state index contributed by atoms with van der Waals surface area (Å²) in [4.78, 5) is 4.63. The summed E-state index contributed by atoms with van der Waals surface area (Å²) in [6.45, 7) is 5.77. The van der Waals surface area contributed by atoms with Crippen molar-refractivity contribution in [2.24, 2.45) is 5.92 Å². The second-order valence-electron chi connectivity index (χ2n) is 6.99. The van der Waals surface area contributed by atoms with Gasteiger partial charge in [-0.2, -0.15) is 5.10 Å². The van der Waals surface area contributed by atoms with Gasteiger partial charge in [0.05, 0.1) is 30.4 Å². The molecule has 2 aliphatic heterocycles. The molecule has 4 heterocycles. The van der Waals surface area contributed by atoms with Crippen LogP contribution in [-0.2, 0) is 4.74 Å². The highest BCUT2D eigenvalue weighted by Gasteiger charge is 2.22. The maximum absolute atomic E-state index is 5.90. The summed E-state index contributed by atoms with van der Waals surface area (Å²) in [5.41, 5.74) is 3.07. The highest BCUT2D eigenvalue weighted by Crippen LogP contribution is 2.30. The van der Waals surface area contributed by atoms with Crippen LogP contribution < -0.4 is 10.1 Å². The van der Waals surface area contributed by atoms with Crippen molar-refractivity contribution in [2.75, 3.05) is 26.3 Å². The maximum atomic E-state index is 5.90. The number of aryl methyl sites for hydroxylation is 1. The number of rotatable bonds is 5. The van der Waals surface area contributed by atoms with Crippen LogP contribution in [-0.4, -0.2) is 41.1 Å². The van der Waals surface area contributed by atoms with Gasteiger partial charge in [0.15, 0.2) is 6.23 Å². The lowest BCUT2D eigenvalue weighted by Crippen LogP contribution is -2.20. The van der Waals surface area contributed by atoms with Gasteiger partial charge >= 0.3 is 0 Å². The summed E-state index contributed by atoms with van der Waals surface area (Å²) < 4.78 is 13.8. The predicted octanol–water partition coefficient (Wildman–Crippen LogP) is 2.94. The molecule has 25 heavy (non-hydrogen) atoms. The van der Waals surface area contributed by atoms with Crippen LogP contribution in [0, 0.1) is 12.8 Å². The lowest BCUT2D eigenvalue weighted by Gasteiger charge is -2.24. The zero-order valence-corrected chi connectivity index (χ0v) is 14.8. The smallest absolute Gasteiger partial charge is 0.150 e. The summed E-state index contributed by atoms with van der Waals surface area (Å²) >= 11 is 0. The van der Waals surface area contributed by atoms with Gasteiger partial charge in [-0.25, -0.2) is 4.68 Å². The predicted molar refractivity (Wildman–Crippen MR) is 95.5 cm³/mol. The maximum Gasteiger partial charge on any atom is 0.150 e. The number of ether oxygens (including phenoxy) is 2. The Morgan fingerprint density at radius 1 is 1.28 bits per heavy atom. The van der Waals surface area contributed by atoms with Gasteiger partial charge in [0, 0.05) is 19.1 Å². The number of nitrogens with one attached hydrogen (secondary N) is 1. The lowest BCUT2D eigenvalue weighted by atomic mass is 10.1. The van der Waals surface area contributed by atoms with E-state index in [-0.39, 0.29) is 6.23 Å². The van der Waals surface area contributed by atoms with Gasteiger partial charge in [0.1, 0.15) is 5.75 Å². The quantitative estimate of drug-likeness (QED) is 0.905. The van der Waals surface area contributed by atoms with Gasteiger partial charge < -0.3 is 14.8 Å². The molecule has 1 N–H and O–H groups in total. The Morgan fingerprint density at radius 3 is 2.96 bits per heavy atom. The van der Waals surface area contributed by atoms with E-state index in [0.29, 0.717) is 5.92 Å². The Balaban J connectivity index is 1.48. The van der Waals surface area contributed by atoms with E-state index in [1.54, 1.807) is 0 Å². The highest BCUT2D eigenvalue weighted by atomic mass is 16.5. The van der Waals surface area contributed by atoms with E-state index in [4.69, 9.17) is 9.47 Å². The molecule has 0 aliphatic carbocycles. The Labute approximate surface area is 148 Å². The first-order valence-corrected chi connectivity index (χ1v) is 9.27. The number of nitrogens with zero attached hydrogens (tertiary/aromatic N) is 3. The summed E-state index contributed by atoms with van der Waals surface area (Å²) in [5.74, 6) is 1.43. The number of hydrogen-bond donors (Lipinski definition) is 1. The molecule has 0 aromatic carbocycles. The first kappa shape index (κ1) is 16.5. The molecule has 6 heteroatoms. The fourth-order valence-electron chi connectivity index (χ4n) is 3.58. The third-order valence-electron chi connectivity index (χ3n) is 5.03. The van der Waals surface area contributed by atoms with E-state index in [2.05, 4.69) is 22.3 Å². The van der Waals surface area contributed by atoms with Gasteiger partial charge in [-0.1, -0.05) is 0 Å². The zero-order chi connectivity index (χ0) is 17.1. The third-order valence-corrected chi connectivity index (χ3v) is 5.03. The average Bonchev–Trinajstić information content (AvgIpc) is 3.31. The van der Waals surface area contributed by atoms with E-state index in [9.17, 15) is 0 Å². The topological polar surface area (TPSA) is 61.2 Å².